The molecule has 0 saturated heterocycles. The molecule has 1 nitrogen and oxygen atoms in total. The summed E-state index contributed by atoms with van der Waals surface area (Å²) in [5.41, 5.74) is 0. The van der Waals surface area contributed by atoms with Gasteiger partial charge in [-0.25, -0.2) is 0 Å². The zero-order chi connectivity index (χ0) is 5.11. The van der Waals surface area contributed by atoms with Crippen molar-refractivity contribution in [2.24, 2.45) is 0 Å². The van der Waals surface area contributed by atoms with Gasteiger partial charge >= 0.3 is 18.9 Å². The zero-order valence-corrected chi connectivity index (χ0v) is 5.33. The Morgan fingerprint density at radius 2 is 2.12 bits per heavy atom. The molecule has 8 heavy (non-hydrogen) atoms. The third-order valence-electron chi connectivity index (χ3n) is 0.908. The van der Waals surface area contributed by atoms with Crippen molar-refractivity contribution in [2.45, 2.75) is 13.0 Å². The van der Waals surface area contributed by atoms with E-state index in [-0.39, 0.29) is 18.9 Å². The van der Waals surface area contributed by atoms with Gasteiger partial charge in [0.15, 0.2) is 0 Å². The first-order valence-electron chi connectivity index (χ1n) is 2.43. The number of hydrogen-bond acceptors (Lipinski definition) is 0. The fraction of sp³-hybridized carbons (Fsp3) is 0.333. The average Bonchev–Trinajstić information content (AvgIpc) is 1.69. The van der Waals surface area contributed by atoms with Crippen LogP contribution in [0, 0.1) is 0 Å². The maximum absolute atomic E-state index is 4.06. The SMILES string of the molecule is CC1C=CC=C[N-]1.[Li+]. The summed E-state index contributed by atoms with van der Waals surface area (Å²) in [5, 5.41) is 4.06. The van der Waals surface area contributed by atoms with E-state index in [2.05, 4.69) is 18.3 Å². The average molecular weight is 101 g/mol. The Morgan fingerprint density at radius 1 is 1.38 bits per heavy atom. The molecule has 0 N–H and O–H groups in total. The molecule has 38 valence electrons. The largest absolute Gasteiger partial charge is 1.00 e. The molecule has 1 rings (SSSR count). The maximum Gasteiger partial charge on any atom is 1.00 e. The van der Waals surface area contributed by atoms with Crippen molar-refractivity contribution in [1.29, 1.82) is 0 Å². The first-order valence-corrected chi connectivity index (χ1v) is 2.43. The van der Waals surface area contributed by atoms with Crippen molar-refractivity contribution in [3.05, 3.63) is 29.7 Å². The summed E-state index contributed by atoms with van der Waals surface area (Å²) >= 11 is 0. The van der Waals surface area contributed by atoms with Crippen molar-refractivity contribution in [1.82, 2.24) is 0 Å². The molecule has 0 radical (unpaired) electrons. The van der Waals surface area contributed by atoms with Crippen LogP contribution in [0.15, 0.2) is 24.4 Å². The van der Waals surface area contributed by atoms with Crippen LogP contribution in [0.25, 0.3) is 5.32 Å². The Balaban J connectivity index is 0.000000490. The molecular formula is C6H8LiN. The number of hydrogen-bond donors (Lipinski definition) is 0. The van der Waals surface area contributed by atoms with Gasteiger partial charge in [-0.2, -0.15) is 6.20 Å². The second kappa shape index (κ2) is 3.83. The molecule has 0 aliphatic carbocycles. The molecular weight excluding hydrogens is 93.0 g/mol. The molecule has 1 unspecified atom stereocenters. The Hall–Kier alpha value is -0.123. The van der Waals surface area contributed by atoms with Gasteiger partial charge in [0.2, 0.25) is 0 Å². The van der Waals surface area contributed by atoms with Gasteiger partial charge in [0, 0.05) is 0 Å². The minimum absolute atomic E-state index is 0. The molecule has 0 bridgehead atoms. The fourth-order valence-corrected chi connectivity index (χ4v) is 0.510. The van der Waals surface area contributed by atoms with Gasteiger partial charge in [-0.05, 0) is 0 Å². The van der Waals surface area contributed by atoms with Gasteiger partial charge in [-0.3, -0.25) is 0 Å². The maximum atomic E-state index is 4.06. The van der Waals surface area contributed by atoms with Crippen molar-refractivity contribution in [3.63, 3.8) is 0 Å². The quantitative estimate of drug-likeness (QED) is 0.342. The number of allylic oxidation sites excluding steroid dienone is 2. The van der Waals surface area contributed by atoms with Crippen LogP contribution in [0.4, 0.5) is 0 Å². The van der Waals surface area contributed by atoms with Gasteiger partial charge in [0.05, 0.1) is 0 Å². The predicted molar refractivity (Wildman–Crippen MR) is 31.1 cm³/mol. The topological polar surface area (TPSA) is 14.1 Å². The van der Waals surface area contributed by atoms with Crippen molar-refractivity contribution in [3.8, 4) is 0 Å². The van der Waals surface area contributed by atoms with E-state index in [1.807, 2.05) is 18.4 Å². The van der Waals surface area contributed by atoms with Gasteiger partial charge in [0.1, 0.15) is 0 Å². The summed E-state index contributed by atoms with van der Waals surface area (Å²) in [6.45, 7) is 2.06. The molecule has 0 fully saturated rings. The summed E-state index contributed by atoms with van der Waals surface area (Å²) in [4.78, 5) is 0. The van der Waals surface area contributed by atoms with Crippen LogP contribution in [0.5, 0.6) is 0 Å². The molecule has 0 saturated carbocycles. The van der Waals surface area contributed by atoms with Crippen molar-refractivity contribution < 1.29 is 18.9 Å². The molecule has 1 heterocycles. The molecule has 0 aromatic carbocycles. The van der Waals surface area contributed by atoms with Gasteiger partial charge in [-0.1, -0.05) is 25.2 Å². The summed E-state index contributed by atoms with van der Waals surface area (Å²) in [7, 11) is 0. The van der Waals surface area contributed by atoms with Crippen LogP contribution < -0.4 is 18.9 Å². The molecule has 1 atom stereocenters. The van der Waals surface area contributed by atoms with Crippen molar-refractivity contribution in [2.75, 3.05) is 0 Å². The van der Waals surface area contributed by atoms with Crippen LogP contribution in [-0.4, -0.2) is 6.04 Å². The second-order valence-corrected chi connectivity index (χ2v) is 1.62. The number of nitrogens with zero attached hydrogens (tertiary/aromatic N) is 1. The summed E-state index contributed by atoms with van der Waals surface area (Å²) < 4.78 is 0. The van der Waals surface area contributed by atoms with Crippen LogP contribution in [-0.2, 0) is 0 Å². The molecule has 0 aromatic heterocycles. The third-order valence-corrected chi connectivity index (χ3v) is 0.908. The first kappa shape index (κ1) is 7.88. The molecule has 2 heteroatoms. The van der Waals surface area contributed by atoms with E-state index in [9.17, 15) is 0 Å². The van der Waals surface area contributed by atoms with E-state index in [0.717, 1.165) is 0 Å². The summed E-state index contributed by atoms with van der Waals surface area (Å²) in [6.07, 6.45) is 7.82. The van der Waals surface area contributed by atoms with E-state index >= 15 is 0 Å². The van der Waals surface area contributed by atoms with E-state index in [4.69, 9.17) is 0 Å². The molecule has 0 spiro atoms. The second-order valence-electron chi connectivity index (χ2n) is 1.62. The van der Waals surface area contributed by atoms with Gasteiger partial charge in [0.25, 0.3) is 0 Å². The molecule has 0 aromatic rings. The Labute approximate surface area is 62.0 Å². The number of rotatable bonds is 0. The molecule has 0 amide bonds. The zero-order valence-electron chi connectivity index (χ0n) is 5.33. The fourth-order valence-electron chi connectivity index (χ4n) is 0.510. The van der Waals surface area contributed by atoms with Gasteiger partial charge in [-0.15, -0.1) is 6.04 Å². The smallest absolute Gasteiger partial charge is 0.685 e. The Morgan fingerprint density at radius 3 is 2.38 bits per heavy atom. The Bertz CT molecular complexity index is 107. The van der Waals surface area contributed by atoms with E-state index in [1.54, 1.807) is 0 Å². The predicted octanol–water partition coefficient (Wildman–Crippen LogP) is -1.16. The summed E-state index contributed by atoms with van der Waals surface area (Å²) in [5.74, 6) is 0. The van der Waals surface area contributed by atoms with E-state index in [0.29, 0.717) is 6.04 Å². The standard InChI is InChI=1S/C6H8N.Li/c1-6-4-2-3-5-7-6;/h2-6H,1H3;/q-1;+1. The Kier molecular flexibility index (Phi) is 3.77. The molecule has 1 aliphatic rings. The third kappa shape index (κ3) is 2.25. The van der Waals surface area contributed by atoms with Gasteiger partial charge < -0.3 is 5.32 Å². The first-order chi connectivity index (χ1) is 3.39. The normalized spacial score (nSPS) is 23.9. The van der Waals surface area contributed by atoms with E-state index in [1.165, 1.54) is 0 Å². The van der Waals surface area contributed by atoms with E-state index < -0.39 is 0 Å². The van der Waals surface area contributed by atoms with Crippen LogP contribution >= 0.6 is 0 Å². The molecule has 1 aliphatic heterocycles. The summed E-state index contributed by atoms with van der Waals surface area (Å²) in [6, 6.07) is 0.394. The van der Waals surface area contributed by atoms with Crippen LogP contribution in [0.1, 0.15) is 6.92 Å². The minimum Gasteiger partial charge on any atom is -0.685 e. The minimum atomic E-state index is 0. The van der Waals surface area contributed by atoms with Crippen LogP contribution in [0.3, 0.4) is 0 Å². The monoisotopic (exact) mass is 101 g/mol. The van der Waals surface area contributed by atoms with Crippen molar-refractivity contribution >= 4 is 0 Å². The van der Waals surface area contributed by atoms with Crippen LogP contribution in [0.2, 0.25) is 0 Å².